The molecular weight excluding hydrogens is 247 g/mol. The topological polar surface area (TPSA) is 46.3 Å². The Kier molecular flexibility index (Phi) is 3.38. The average molecular weight is 257 g/mol. The molecule has 1 aromatic carbocycles. The highest BCUT2D eigenvalue weighted by Crippen LogP contribution is 2.36. The lowest BCUT2D eigenvalue weighted by Crippen LogP contribution is -2.07. The molecule has 2 rings (SSSR count). The Morgan fingerprint density at radius 1 is 1.22 bits per heavy atom. The molecule has 0 atom stereocenters. The van der Waals surface area contributed by atoms with Gasteiger partial charge in [0.05, 0.1) is 11.3 Å². The fourth-order valence-electron chi connectivity index (χ4n) is 1.58. The molecule has 0 saturated heterocycles. The number of hydrogen-bond acceptors (Lipinski definition) is 3. The van der Waals surface area contributed by atoms with Crippen molar-refractivity contribution in [2.24, 2.45) is 0 Å². The summed E-state index contributed by atoms with van der Waals surface area (Å²) >= 11 is 0. The largest absolute Gasteiger partial charge is 0.444 e. The fraction of sp³-hybridized carbons (Fsp3) is 0.250. The number of nitrogens with zero attached hydrogens (tertiary/aromatic N) is 1. The van der Waals surface area contributed by atoms with Crippen molar-refractivity contribution in [3.8, 4) is 11.5 Å². The first kappa shape index (κ1) is 12.6. The van der Waals surface area contributed by atoms with Crippen molar-refractivity contribution in [3.63, 3.8) is 0 Å². The zero-order valence-corrected chi connectivity index (χ0v) is 9.24. The van der Waals surface area contributed by atoms with E-state index in [4.69, 9.17) is 9.52 Å². The van der Waals surface area contributed by atoms with Gasteiger partial charge in [-0.3, -0.25) is 0 Å². The average Bonchev–Trinajstić information content (AvgIpc) is 2.77. The lowest BCUT2D eigenvalue weighted by Gasteiger charge is -2.09. The maximum Gasteiger partial charge on any atom is 0.417 e. The van der Waals surface area contributed by atoms with Crippen molar-refractivity contribution in [1.82, 2.24) is 4.98 Å². The first-order valence-electron chi connectivity index (χ1n) is 5.24. The lowest BCUT2D eigenvalue weighted by atomic mass is 10.1. The molecule has 6 heteroatoms. The maximum absolute atomic E-state index is 12.8. The second kappa shape index (κ2) is 4.81. The van der Waals surface area contributed by atoms with Crippen LogP contribution in [0.1, 0.15) is 11.3 Å². The Labute approximate surface area is 101 Å². The molecular formula is C12H10F3NO2. The predicted molar refractivity (Wildman–Crippen MR) is 57.7 cm³/mol. The Balaban J connectivity index is 2.43. The summed E-state index contributed by atoms with van der Waals surface area (Å²) in [6.07, 6.45) is -2.96. The third-order valence-electron chi connectivity index (χ3n) is 2.38. The number of rotatable bonds is 3. The van der Waals surface area contributed by atoms with Gasteiger partial charge in [-0.15, -0.1) is 0 Å². The molecule has 0 bridgehead atoms. The Morgan fingerprint density at radius 3 is 2.61 bits per heavy atom. The van der Waals surface area contributed by atoms with Crippen LogP contribution in [0.25, 0.3) is 11.5 Å². The molecule has 3 nitrogen and oxygen atoms in total. The number of benzene rings is 1. The number of aliphatic hydroxyl groups is 1. The molecule has 1 heterocycles. The molecule has 1 aromatic heterocycles. The van der Waals surface area contributed by atoms with E-state index in [-0.39, 0.29) is 24.5 Å². The fourth-order valence-corrected chi connectivity index (χ4v) is 1.58. The van der Waals surface area contributed by atoms with Gasteiger partial charge in [0.1, 0.15) is 6.26 Å². The van der Waals surface area contributed by atoms with Crippen LogP contribution in [0.15, 0.2) is 34.9 Å². The number of hydrogen-bond donors (Lipinski definition) is 1. The second-order valence-electron chi connectivity index (χ2n) is 3.66. The van der Waals surface area contributed by atoms with E-state index in [1.54, 1.807) is 0 Å². The second-order valence-corrected chi connectivity index (χ2v) is 3.66. The van der Waals surface area contributed by atoms with Crippen molar-refractivity contribution in [1.29, 1.82) is 0 Å². The molecule has 0 aliphatic heterocycles. The van der Waals surface area contributed by atoms with Crippen molar-refractivity contribution < 1.29 is 22.7 Å². The van der Waals surface area contributed by atoms with E-state index >= 15 is 0 Å². The van der Waals surface area contributed by atoms with Crippen molar-refractivity contribution >= 4 is 0 Å². The first-order valence-corrected chi connectivity index (χ1v) is 5.24. The molecule has 1 N–H and O–H groups in total. The van der Waals surface area contributed by atoms with Gasteiger partial charge < -0.3 is 9.52 Å². The van der Waals surface area contributed by atoms with Crippen LogP contribution in [-0.2, 0) is 12.6 Å². The predicted octanol–water partition coefficient (Wildman–Crippen LogP) is 2.90. The molecule has 0 radical (unpaired) electrons. The molecule has 2 aromatic rings. The minimum atomic E-state index is -4.46. The van der Waals surface area contributed by atoms with E-state index in [1.165, 1.54) is 24.5 Å². The summed E-state index contributed by atoms with van der Waals surface area (Å²) in [5.41, 5.74) is -0.471. The first-order chi connectivity index (χ1) is 8.52. The summed E-state index contributed by atoms with van der Waals surface area (Å²) in [5, 5.41) is 8.72. The van der Waals surface area contributed by atoms with E-state index in [1.807, 2.05) is 0 Å². The van der Waals surface area contributed by atoms with Gasteiger partial charge >= 0.3 is 6.18 Å². The Morgan fingerprint density at radius 2 is 1.94 bits per heavy atom. The number of halogens is 3. The molecule has 96 valence electrons. The quantitative estimate of drug-likeness (QED) is 0.919. The van der Waals surface area contributed by atoms with E-state index in [0.29, 0.717) is 5.69 Å². The number of alkyl halides is 3. The van der Waals surface area contributed by atoms with E-state index in [0.717, 1.165) is 6.07 Å². The van der Waals surface area contributed by atoms with Crippen molar-refractivity contribution in [3.05, 3.63) is 41.8 Å². The number of oxazole rings is 1. The zero-order chi connectivity index (χ0) is 13.2. The van der Waals surface area contributed by atoms with Crippen LogP contribution in [0.5, 0.6) is 0 Å². The summed E-state index contributed by atoms with van der Waals surface area (Å²) in [5.74, 6) is -0.0913. The van der Waals surface area contributed by atoms with Crippen molar-refractivity contribution in [2.45, 2.75) is 12.6 Å². The molecule has 0 fully saturated rings. The summed E-state index contributed by atoms with van der Waals surface area (Å²) in [7, 11) is 0. The highest BCUT2D eigenvalue weighted by molar-refractivity contribution is 5.59. The van der Waals surface area contributed by atoms with Crippen molar-refractivity contribution in [2.75, 3.05) is 6.61 Å². The third-order valence-corrected chi connectivity index (χ3v) is 2.38. The Hall–Kier alpha value is -1.82. The van der Waals surface area contributed by atoms with Gasteiger partial charge in [0.15, 0.2) is 0 Å². The molecule has 18 heavy (non-hydrogen) atoms. The SMILES string of the molecule is OCCc1coc(-c2ccccc2C(F)(F)F)n1. The highest BCUT2D eigenvalue weighted by Gasteiger charge is 2.34. The van der Waals surface area contributed by atoms with Crippen LogP contribution < -0.4 is 0 Å². The van der Waals surface area contributed by atoms with Gasteiger partial charge in [-0.25, -0.2) is 4.98 Å². The molecule has 0 saturated carbocycles. The summed E-state index contributed by atoms with van der Waals surface area (Å²) in [4.78, 5) is 3.92. The van der Waals surface area contributed by atoms with Crippen LogP contribution in [0.4, 0.5) is 13.2 Å². The number of aliphatic hydroxyl groups excluding tert-OH is 1. The minimum Gasteiger partial charge on any atom is -0.444 e. The molecule has 0 aliphatic carbocycles. The highest BCUT2D eigenvalue weighted by atomic mass is 19.4. The Bertz CT molecular complexity index is 534. The van der Waals surface area contributed by atoms with E-state index < -0.39 is 11.7 Å². The summed E-state index contributed by atoms with van der Waals surface area (Å²) < 4.78 is 43.4. The van der Waals surface area contributed by atoms with Crippen LogP contribution in [0, 0.1) is 0 Å². The molecule has 0 aliphatic rings. The van der Waals surface area contributed by atoms with Gasteiger partial charge in [0, 0.05) is 18.6 Å². The smallest absolute Gasteiger partial charge is 0.417 e. The third kappa shape index (κ3) is 2.53. The number of aromatic nitrogens is 1. The maximum atomic E-state index is 12.8. The van der Waals surface area contributed by atoms with Crippen LogP contribution in [0.3, 0.4) is 0 Å². The van der Waals surface area contributed by atoms with Crippen LogP contribution >= 0.6 is 0 Å². The zero-order valence-electron chi connectivity index (χ0n) is 9.24. The molecule has 0 unspecified atom stereocenters. The van der Waals surface area contributed by atoms with Gasteiger partial charge in [0.25, 0.3) is 0 Å². The standard InChI is InChI=1S/C12H10F3NO2/c13-12(14,15)10-4-2-1-3-9(10)11-16-8(5-6-17)7-18-11/h1-4,7,17H,5-6H2. The van der Waals surface area contributed by atoms with Gasteiger partial charge in [-0.2, -0.15) is 13.2 Å². The monoisotopic (exact) mass is 257 g/mol. The van der Waals surface area contributed by atoms with Crippen LogP contribution in [0.2, 0.25) is 0 Å². The molecule has 0 amide bonds. The summed E-state index contributed by atoms with van der Waals surface area (Å²) in [6, 6.07) is 5.08. The van der Waals surface area contributed by atoms with Gasteiger partial charge in [-0.05, 0) is 12.1 Å². The minimum absolute atomic E-state index is 0.0913. The van der Waals surface area contributed by atoms with Gasteiger partial charge in [-0.1, -0.05) is 12.1 Å². The lowest BCUT2D eigenvalue weighted by molar-refractivity contribution is -0.137. The summed E-state index contributed by atoms with van der Waals surface area (Å²) in [6.45, 7) is -0.132. The van der Waals surface area contributed by atoms with Gasteiger partial charge in [0.2, 0.25) is 5.89 Å². The van der Waals surface area contributed by atoms with Crippen LogP contribution in [-0.4, -0.2) is 16.7 Å². The normalized spacial score (nSPS) is 11.8. The van der Waals surface area contributed by atoms with E-state index in [9.17, 15) is 13.2 Å². The molecule has 0 spiro atoms. The van der Waals surface area contributed by atoms with E-state index in [2.05, 4.69) is 4.98 Å².